The first-order chi connectivity index (χ1) is 3.81. The van der Waals surface area contributed by atoms with E-state index in [2.05, 4.69) is 18.6 Å². The topological polar surface area (TPSA) is 21.6 Å². The Morgan fingerprint density at radius 2 is 2.38 bits per heavy atom. The second-order valence-electron chi connectivity index (χ2n) is 1.60. The normalized spacial score (nSPS) is 13.1. The third-order valence-electron chi connectivity index (χ3n) is 0.861. The molecule has 0 heterocycles. The number of hydrogen-bond acceptors (Lipinski definition) is 2. The molecular weight excluding hydrogens is 118 g/mol. The fourth-order valence-electron chi connectivity index (χ4n) is 0.239. The zero-order chi connectivity index (χ0) is 6.41. The van der Waals surface area contributed by atoms with Crippen LogP contribution in [0.5, 0.6) is 0 Å². The Hall–Kier alpha value is -0.313. The predicted molar refractivity (Wildman–Crippen MR) is 38.9 cm³/mol. The van der Waals surface area contributed by atoms with E-state index in [-0.39, 0.29) is 9.76 Å². The molecule has 0 saturated heterocycles. The lowest BCUT2D eigenvalue weighted by Gasteiger charge is -1.93. The van der Waals surface area contributed by atoms with Crippen molar-refractivity contribution in [3.05, 3.63) is 0 Å². The molecule has 0 spiro atoms. The molecular formula is C5H13NOSi. The lowest BCUT2D eigenvalue weighted by molar-refractivity contribution is 0.364. The number of hydrogen-bond donors (Lipinski definition) is 0. The van der Waals surface area contributed by atoms with Crippen molar-refractivity contribution < 1.29 is 4.53 Å². The molecule has 0 aromatic heterocycles. The fourth-order valence-corrected chi connectivity index (χ4v) is 0.589. The molecule has 0 rings (SSSR count). The van der Waals surface area contributed by atoms with E-state index in [9.17, 15) is 0 Å². The summed E-state index contributed by atoms with van der Waals surface area (Å²) in [6.07, 6.45) is 0.994. The molecule has 0 fully saturated rings. The molecule has 0 N–H and O–H groups in total. The van der Waals surface area contributed by atoms with E-state index in [1.165, 1.54) is 0 Å². The van der Waals surface area contributed by atoms with Crippen molar-refractivity contribution in [2.75, 3.05) is 0 Å². The van der Waals surface area contributed by atoms with Gasteiger partial charge in [0.05, 0.1) is 5.71 Å². The van der Waals surface area contributed by atoms with Gasteiger partial charge in [0.1, 0.15) is 0 Å². The Morgan fingerprint density at radius 3 is 2.75 bits per heavy atom. The first-order valence-electron chi connectivity index (χ1n) is 2.96. The zero-order valence-corrected chi connectivity index (χ0v) is 7.18. The Labute approximate surface area is 52.9 Å². The van der Waals surface area contributed by atoms with Gasteiger partial charge in [-0.25, -0.2) is 0 Å². The van der Waals surface area contributed by atoms with Crippen molar-refractivity contribution in [3.63, 3.8) is 0 Å². The Balaban J connectivity index is 3.26. The summed E-state index contributed by atoms with van der Waals surface area (Å²) < 4.78 is 4.91. The minimum absolute atomic E-state index is 0.326. The first kappa shape index (κ1) is 7.69. The summed E-state index contributed by atoms with van der Waals surface area (Å²) in [5.41, 5.74) is 1.08. The summed E-state index contributed by atoms with van der Waals surface area (Å²) >= 11 is 0. The molecule has 0 aromatic rings. The van der Waals surface area contributed by atoms with Gasteiger partial charge in [-0.2, -0.15) is 0 Å². The highest BCUT2D eigenvalue weighted by atomic mass is 28.2. The highest BCUT2D eigenvalue weighted by Crippen LogP contribution is 1.83. The van der Waals surface area contributed by atoms with Gasteiger partial charge in [-0.1, -0.05) is 6.92 Å². The monoisotopic (exact) mass is 131 g/mol. The SMILES string of the molecule is CCC(C)=NO[SiH2]C. The predicted octanol–water partition coefficient (Wildman–Crippen LogP) is 0.921. The van der Waals surface area contributed by atoms with Gasteiger partial charge in [0.15, 0.2) is 0 Å². The Kier molecular flexibility index (Phi) is 4.65. The van der Waals surface area contributed by atoms with Crippen LogP contribution in [0.25, 0.3) is 0 Å². The average Bonchev–Trinajstić information content (AvgIpc) is 1.83. The molecule has 0 amide bonds. The maximum absolute atomic E-state index is 4.91. The van der Waals surface area contributed by atoms with Gasteiger partial charge in [0.2, 0.25) is 0 Å². The third kappa shape index (κ3) is 3.86. The largest absolute Gasteiger partial charge is 0.463 e. The van der Waals surface area contributed by atoms with Gasteiger partial charge in [-0.3, -0.25) is 0 Å². The summed E-state index contributed by atoms with van der Waals surface area (Å²) in [5.74, 6) is 0. The molecule has 8 heavy (non-hydrogen) atoms. The van der Waals surface area contributed by atoms with Gasteiger partial charge in [0, 0.05) is 0 Å². The van der Waals surface area contributed by atoms with E-state index in [1.807, 2.05) is 6.92 Å². The molecule has 0 aromatic carbocycles. The van der Waals surface area contributed by atoms with Crippen LogP contribution in [-0.4, -0.2) is 15.5 Å². The third-order valence-corrected chi connectivity index (χ3v) is 1.25. The number of rotatable bonds is 3. The van der Waals surface area contributed by atoms with E-state index in [0.29, 0.717) is 0 Å². The van der Waals surface area contributed by atoms with E-state index in [0.717, 1.165) is 12.1 Å². The first-order valence-corrected chi connectivity index (χ1v) is 4.95. The van der Waals surface area contributed by atoms with Crippen LogP contribution in [0.3, 0.4) is 0 Å². The van der Waals surface area contributed by atoms with Crippen LogP contribution in [0.1, 0.15) is 20.3 Å². The molecule has 0 bridgehead atoms. The lowest BCUT2D eigenvalue weighted by atomic mass is 10.3. The minimum Gasteiger partial charge on any atom is -0.463 e. The van der Waals surface area contributed by atoms with Crippen molar-refractivity contribution in [1.29, 1.82) is 0 Å². The van der Waals surface area contributed by atoms with Crippen LogP contribution in [0.4, 0.5) is 0 Å². The number of oxime groups is 1. The van der Waals surface area contributed by atoms with Gasteiger partial charge >= 0.3 is 0 Å². The van der Waals surface area contributed by atoms with Gasteiger partial charge in [0.25, 0.3) is 9.76 Å². The van der Waals surface area contributed by atoms with Crippen molar-refractivity contribution >= 4 is 15.5 Å². The quantitative estimate of drug-likeness (QED) is 0.317. The molecule has 0 aliphatic carbocycles. The lowest BCUT2D eigenvalue weighted by Crippen LogP contribution is -1.91. The maximum Gasteiger partial charge on any atom is 0.254 e. The smallest absolute Gasteiger partial charge is 0.254 e. The van der Waals surface area contributed by atoms with Crippen molar-refractivity contribution in [2.45, 2.75) is 26.8 Å². The highest BCUT2D eigenvalue weighted by Gasteiger charge is 1.81. The average molecular weight is 131 g/mol. The second-order valence-corrected chi connectivity index (χ2v) is 2.43. The fraction of sp³-hybridized carbons (Fsp3) is 0.800. The molecule has 0 saturated carbocycles. The van der Waals surface area contributed by atoms with E-state index >= 15 is 0 Å². The molecule has 0 unspecified atom stereocenters. The summed E-state index contributed by atoms with van der Waals surface area (Å²) in [6.45, 7) is 6.11. The summed E-state index contributed by atoms with van der Waals surface area (Å²) in [7, 11) is -0.326. The summed E-state index contributed by atoms with van der Waals surface area (Å²) in [4.78, 5) is 0. The molecule has 0 aliphatic heterocycles. The van der Waals surface area contributed by atoms with Crippen molar-refractivity contribution in [3.8, 4) is 0 Å². The van der Waals surface area contributed by atoms with Gasteiger partial charge in [-0.15, -0.1) is 5.16 Å². The van der Waals surface area contributed by atoms with Crippen LogP contribution < -0.4 is 0 Å². The van der Waals surface area contributed by atoms with Crippen LogP contribution in [0, 0.1) is 0 Å². The molecule has 0 radical (unpaired) electrons. The molecule has 3 heteroatoms. The molecule has 48 valence electrons. The van der Waals surface area contributed by atoms with Crippen molar-refractivity contribution in [1.82, 2.24) is 0 Å². The standard InChI is InChI=1S/C5H13NOSi/c1-4-5(2)6-7-8-3/h4,8H2,1-3H3. The minimum atomic E-state index is -0.326. The zero-order valence-electron chi connectivity index (χ0n) is 5.77. The van der Waals surface area contributed by atoms with Gasteiger partial charge < -0.3 is 4.53 Å². The van der Waals surface area contributed by atoms with Crippen LogP contribution in [-0.2, 0) is 4.53 Å². The van der Waals surface area contributed by atoms with Crippen molar-refractivity contribution in [2.24, 2.45) is 5.16 Å². The summed E-state index contributed by atoms with van der Waals surface area (Å²) in [6, 6.07) is 0. The summed E-state index contributed by atoms with van der Waals surface area (Å²) in [5, 5.41) is 3.84. The van der Waals surface area contributed by atoms with E-state index < -0.39 is 0 Å². The number of nitrogens with zero attached hydrogens (tertiary/aromatic N) is 1. The van der Waals surface area contributed by atoms with Crippen LogP contribution in [0.15, 0.2) is 5.16 Å². The molecule has 0 atom stereocenters. The highest BCUT2D eigenvalue weighted by molar-refractivity contribution is 6.24. The maximum atomic E-state index is 4.91. The van der Waals surface area contributed by atoms with Gasteiger partial charge in [-0.05, 0) is 19.9 Å². The second kappa shape index (κ2) is 4.84. The van der Waals surface area contributed by atoms with E-state index in [4.69, 9.17) is 4.53 Å². The molecule has 2 nitrogen and oxygen atoms in total. The van der Waals surface area contributed by atoms with Crippen LogP contribution in [0.2, 0.25) is 6.55 Å². The Bertz CT molecular complexity index is 82.5. The van der Waals surface area contributed by atoms with Crippen LogP contribution >= 0.6 is 0 Å². The van der Waals surface area contributed by atoms with E-state index in [1.54, 1.807) is 0 Å². The molecule has 0 aliphatic rings. The Morgan fingerprint density at radius 1 is 1.75 bits per heavy atom.